The predicted molar refractivity (Wildman–Crippen MR) is 110 cm³/mol. The Morgan fingerprint density at radius 2 is 2.07 bits per heavy atom. The lowest BCUT2D eigenvalue weighted by molar-refractivity contribution is -0.545. The molecule has 3 N–H and O–H groups in total. The van der Waals surface area contributed by atoms with Crippen LogP contribution >= 0.6 is 0 Å². The summed E-state index contributed by atoms with van der Waals surface area (Å²) < 4.78 is 7.32. The van der Waals surface area contributed by atoms with Crippen molar-refractivity contribution in [1.29, 1.82) is 0 Å². The van der Waals surface area contributed by atoms with E-state index in [9.17, 15) is 14.7 Å². The van der Waals surface area contributed by atoms with E-state index in [1.807, 2.05) is 31.2 Å². The monoisotopic (exact) mass is 418 g/mol. The molecule has 2 heterocycles. The quantitative estimate of drug-likeness (QED) is 0.383. The fraction of sp³-hybridized carbons (Fsp3) is 0.500. The number of nitrogens with zero attached hydrogens (tertiary/aromatic N) is 4. The molecule has 0 spiro atoms. The van der Waals surface area contributed by atoms with Crippen molar-refractivity contribution in [3.05, 3.63) is 29.8 Å². The Bertz CT molecular complexity index is 884. The molecule has 162 valence electrons. The number of aliphatic hydroxyl groups excluding tert-OH is 2. The number of likely N-dealkylation sites (N-methyl/N-ethyl adjacent to an activating group) is 2. The minimum absolute atomic E-state index is 0.00724. The van der Waals surface area contributed by atoms with Crippen LogP contribution in [-0.4, -0.2) is 101 Å². The molecule has 0 saturated carbocycles. The Hall–Kier alpha value is -2.98. The summed E-state index contributed by atoms with van der Waals surface area (Å²) in [4.78, 5) is 31.9. The number of imide groups is 1. The SMILES string of the molecule is Cc1cccc(OCC(O)C[N+]2=C(NCCCO)N=C3C2C(=O)N(C)C(=O)N3C)c1. The van der Waals surface area contributed by atoms with E-state index in [1.165, 1.54) is 11.9 Å². The number of hydrogen-bond donors (Lipinski definition) is 3. The average molecular weight is 418 g/mol. The number of amidine groups is 1. The minimum Gasteiger partial charge on any atom is -0.491 e. The van der Waals surface area contributed by atoms with E-state index in [2.05, 4.69) is 10.3 Å². The molecular formula is C20H28N5O5+. The Kier molecular flexibility index (Phi) is 6.68. The van der Waals surface area contributed by atoms with Gasteiger partial charge in [0.1, 0.15) is 18.5 Å². The van der Waals surface area contributed by atoms with E-state index in [4.69, 9.17) is 9.84 Å². The van der Waals surface area contributed by atoms with Gasteiger partial charge in [-0.05, 0) is 24.6 Å². The number of β-amino-alcohol motifs (C(OH)–C–C–N with tert-alkyl or cyclic N) is 1. The first-order chi connectivity index (χ1) is 14.3. The van der Waals surface area contributed by atoms with Gasteiger partial charge in [-0.3, -0.25) is 19.9 Å². The zero-order valence-electron chi connectivity index (χ0n) is 17.4. The third kappa shape index (κ3) is 4.44. The molecule has 10 heteroatoms. The average Bonchev–Trinajstić information content (AvgIpc) is 3.07. The lowest BCUT2D eigenvalue weighted by Crippen LogP contribution is -2.62. The van der Waals surface area contributed by atoms with Gasteiger partial charge in [-0.1, -0.05) is 17.1 Å². The number of guanidine groups is 1. The molecule has 3 rings (SSSR count). The summed E-state index contributed by atoms with van der Waals surface area (Å²) in [6.07, 6.45) is -0.412. The van der Waals surface area contributed by atoms with Gasteiger partial charge in [-0.15, -0.1) is 0 Å². The zero-order chi connectivity index (χ0) is 21.8. The van der Waals surface area contributed by atoms with Gasteiger partial charge in [0.2, 0.25) is 11.9 Å². The largest absolute Gasteiger partial charge is 0.491 e. The molecule has 1 saturated heterocycles. The number of hydrogen-bond acceptors (Lipinski definition) is 7. The Morgan fingerprint density at radius 3 is 2.77 bits per heavy atom. The number of nitrogens with one attached hydrogen (secondary N) is 1. The maximum atomic E-state index is 12.8. The van der Waals surface area contributed by atoms with Crippen LogP contribution in [0.2, 0.25) is 0 Å². The highest BCUT2D eigenvalue weighted by Gasteiger charge is 2.51. The molecule has 2 atom stereocenters. The summed E-state index contributed by atoms with van der Waals surface area (Å²) in [5.41, 5.74) is 1.05. The zero-order valence-corrected chi connectivity index (χ0v) is 17.4. The maximum absolute atomic E-state index is 12.8. The summed E-state index contributed by atoms with van der Waals surface area (Å²) in [5, 5.41) is 22.7. The molecule has 1 aromatic carbocycles. The van der Waals surface area contributed by atoms with Gasteiger partial charge in [0.25, 0.3) is 5.91 Å². The highest BCUT2D eigenvalue weighted by atomic mass is 16.5. The van der Waals surface area contributed by atoms with Gasteiger partial charge in [0.15, 0.2) is 0 Å². The van der Waals surface area contributed by atoms with Gasteiger partial charge < -0.3 is 14.9 Å². The van der Waals surface area contributed by atoms with Crippen LogP contribution in [0.25, 0.3) is 0 Å². The molecule has 1 fully saturated rings. The Balaban J connectivity index is 1.77. The van der Waals surface area contributed by atoms with E-state index in [1.54, 1.807) is 11.6 Å². The minimum atomic E-state index is -0.907. The van der Waals surface area contributed by atoms with Crippen LogP contribution < -0.4 is 10.1 Å². The highest BCUT2D eigenvalue weighted by Crippen LogP contribution is 2.19. The first kappa shape index (κ1) is 21.7. The predicted octanol–water partition coefficient (Wildman–Crippen LogP) is -0.620. The fourth-order valence-electron chi connectivity index (χ4n) is 3.39. The van der Waals surface area contributed by atoms with Crippen molar-refractivity contribution in [2.75, 3.05) is 40.4 Å². The number of carbonyl (C=O) groups excluding carboxylic acids is 2. The second kappa shape index (κ2) is 9.23. The number of carbonyl (C=O) groups is 2. The molecule has 2 aliphatic rings. The third-order valence-electron chi connectivity index (χ3n) is 4.99. The molecule has 3 amide bonds. The fourth-order valence-corrected chi connectivity index (χ4v) is 3.39. The van der Waals surface area contributed by atoms with Crippen molar-refractivity contribution in [3.63, 3.8) is 0 Å². The van der Waals surface area contributed by atoms with E-state index in [-0.39, 0.29) is 19.8 Å². The summed E-state index contributed by atoms with van der Waals surface area (Å²) in [5.74, 6) is 0.918. The number of aliphatic hydroxyl groups is 2. The number of amides is 3. The number of aryl methyl sites for hydroxylation is 1. The van der Waals surface area contributed by atoms with Crippen molar-refractivity contribution in [3.8, 4) is 5.75 Å². The molecule has 0 aliphatic carbocycles. The third-order valence-corrected chi connectivity index (χ3v) is 4.99. The molecular weight excluding hydrogens is 390 g/mol. The smallest absolute Gasteiger partial charge is 0.390 e. The van der Waals surface area contributed by atoms with Crippen molar-refractivity contribution >= 4 is 23.7 Å². The Labute approximate surface area is 175 Å². The highest BCUT2D eigenvalue weighted by molar-refractivity contribution is 6.22. The van der Waals surface area contributed by atoms with E-state index >= 15 is 0 Å². The van der Waals surface area contributed by atoms with Crippen LogP contribution in [0.4, 0.5) is 4.79 Å². The van der Waals surface area contributed by atoms with Crippen LogP contribution in [0, 0.1) is 6.92 Å². The number of rotatable bonds is 8. The molecule has 2 aliphatic heterocycles. The van der Waals surface area contributed by atoms with Gasteiger partial charge in [0.05, 0.1) is 13.1 Å². The first-order valence-electron chi connectivity index (χ1n) is 9.83. The second-order valence-electron chi connectivity index (χ2n) is 7.37. The molecule has 0 aromatic heterocycles. The number of aliphatic imine (C=N–C) groups is 1. The normalized spacial score (nSPS) is 19.8. The summed E-state index contributed by atoms with van der Waals surface area (Å²) >= 11 is 0. The maximum Gasteiger partial charge on any atom is 0.390 e. The van der Waals surface area contributed by atoms with Crippen molar-refractivity contribution in [1.82, 2.24) is 15.1 Å². The van der Waals surface area contributed by atoms with Crippen LogP contribution in [0.15, 0.2) is 29.3 Å². The molecule has 0 bridgehead atoms. The molecule has 2 unspecified atom stereocenters. The van der Waals surface area contributed by atoms with E-state index < -0.39 is 24.1 Å². The molecule has 0 radical (unpaired) electrons. The lowest BCUT2D eigenvalue weighted by Gasteiger charge is -2.32. The number of ether oxygens (including phenoxy) is 1. The van der Waals surface area contributed by atoms with Crippen LogP contribution in [0.3, 0.4) is 0 Å². The van der Waals surface area contributed by atoms with Gasteiger partial charge >= 0.3 is 12.0 Å². The van der Waals surface area contributed by atoms with Crippen molar-refractivity contribution in [2.24, 2.45) is 4.99 Å². The van der Waals surface area contributed by atoms with Crippen molar-refractivity contribution < 1.29 is 29.1 Å². The topological polar surface area (TPSA) is 118 Å². The standard InChI is InChI=1S/C20H27N5O5/c1-13-6-4-7-15(10-13)30-12-14(27)11-25-16-17(22-19(25)21-8-5-9-26)23(2)20(29)24(3)18(16)28/h4,6-7,10,14,16,26-27H,5,8-9,11-12H2,1-3H3/p+1. The number of benzene rings is 1. The Morgan fingerprint density at radius 1 is 1.30 bits per heavy atom. The van der Waals surface area contributed by atoms with Crippen LogP contribution in [-0.2, 0) is 4.79 Å². The van der Waals surface area contributed by atoms with Crippen LogP contribution in [0.5, 0.6) is 5.75 Å². The lowest BCUT2D eigenvalue weighted by atomic mass is 10.1. The van der Waals surface area contributed by atoms with Crippen LogP contribution in [0.1, 0.15) is 12.0 Å². The van der Waals surface area contributed by atoms with Gasteiger partial charge in [-0.25, -0.2) is 9.37 Å². The van der Waals surface area contributed by atoms with Crippen molar-refractivity contribution in [2.45, 2.75) is 25.5 Å². The molecule has 10 nitrogen and oxygen atoms in total. The van der Waals surface area contributed by atoms with E-state index in [0.717, 1.165) is 10.5 Å². The van der Waals surface area contributed by atoms with Gasteiger partial charge in [0, 0.05) is 27.1 Å². The summed E-state index contributed by atoms with van der Waals surface area (Å²) in [6, 6.07) is 6.23. The first-order valence-corrected chi connectivity index (χ1v) is 9.83. The summed E-state index contributed by atoms with van der Waals surface area (Å²) in [6.45, 7) is 2.50. The summed E-state index contributed by atoms with van der Waals surface area (Å²) in [7, 11) is 2.98. The molecule has 1 aromatic rings. The number of urea groups is 1. The second-order valence-corrected chi connectivity index (χ2v) is 7.37. The number of fused-ring (bicyclic) bond motifs is 1. The van der Waals surface area contributed by atoms with Gasteiger partial charge in [-0.2, -0.15) is 0 Å². The van der Waals surface area contributed by atoms with E-state index in [0.29, 0.717) is 30.5 Å². The molecule has 30 heavy (non-hydrogen) atoms.